The number of piperidine rings is 1. The van der Waals surface area contributed by atoms with Crippen molar-refractivity contribution in [3.63, 3.8) is 0 Å². The highest BCUT2D eigenvalue weighted by molar-refractivity contribution is 7.92. The van der Waals surface area contributed by atoms with E-state index in [1.54, 1.807) is 0 Å². The molecule has 3 N–H and O–H groups in total. The second kappa shape index (κ2) is 9.04. The summed E-state index contributed by atoms with van der Waals surface area (Å²) in [5, 5.41) is 6.49. The molecule has 3 rings (SSSR count). The molecule has 162 valence electrons. The summed E-state index contributed by atoms with van der Waals surface area (Å²) in [6.07, 6.45) is 5.05. The Labute approximate surface area is 177 Å². The summed E-state index contributed by atoms with van der Waals surface area (Å²) in [5.41, 5.74) is 0. The molecule has 1 aromatic rings. The van der Waals surface area contributed by atoms with E-state index in [2.05, 4.69) is 25.3 Å². The van der Waals surface area contributed by atoms with Gasteiger partial charge in [-0.15, -0.1) is 11.6 Å². The van der Waals surface area contributed by atoms with Gasteiger partial charge < -0.3 is 10.6 Å². The van der Waals surface area contributed by atoms with Crippen molar-refractivity contribution in [2.45, 2.75) is 63.9 Å². The van der Waals surface area contributed by atoms with Crippen molar-refractivity contribution in [2.75, 3.05) is 15.8 Å². The van der Waals surface area contributed by atoms with Crippen LogP contribution in [0.4, 0.5) is 11.8 Å². The third-order valence-electron chi connectivity index (χ3n) is 5.57. The highest BCUT2D eigenvalue weighted by Crippen LogP contribution is 2.36. The maximum atomic E-state index is 12.6. The molecular formula is C19H30ClN5O3S. The number of halogens is 1. The lowest BCUT2D eigenvalue weighted by atomic mass is 9.74. The van der Waals surface area contributed by atoms with Crippen LogP contribution in [0.1, 0.15) is 46.5 Å². The van der Waals surface area contributed by atoms with Crippen LogP contribution in [0.5, 0.6) is 0 Å². The van der Waals surface area contributed by atoms with Crippen LogP contribution in [0.2, 0.25) is 0 Å². The number of nitrogens with one attached hydrogen (secondary N) is 3. The van der Waals surface area contributed by atoms with Gasteiger partial charge in [-0.25, -0.2) is 13.4 Å². The largest absolute Gasteiger partial charge is 0.353 e. The maximum Gasteiger partial charge on any atom is 0.234 e. The zero-order valence-electron chi connectivity index (χ0n) is 17.1. The summed E-state index contributed by atoms with van der Waals surface area (Å²) in [6.45, 7) is 5.60. The molecule has 2 heterocycles. The normalized spacial score (nSPS) is 28.4. The van der Waals surface area contributed by atoms with E-state index in [4.69, 9.17) is 11.6 Å². The van der Waals surface area contributed by atoms with Gasteiger partial charge in [-0.3, -0.25) is 9.52 Å². The average molecular weight is 444 g/mol. The lowest BCUT2D eigenvalue weighted by molar-refractivity contribution is -0.130. The minimum atomic E-state index is -3.47. The molecule has 1 saturated heterocycles. The van der Waals surface area contributed by atoms with E-state index in [-0.39, 0.29) is 52.7 Å². The Kier molecular flexibility index (Phi) is 6.88. The number of anilines is 2. The number of hydrogen-bond donors (Lipinski definition) is 3. The van der Waals surface area contributed by atoms with Crippen LogP contribution in [0, 0.1) is 17.8 Å². The number of fused-ring (bicyclic) bond motifs is 1. The molecule has 1 aliphatic heterocycles. The lowest BCUT2D eigenvalue weighted by Gasteiger charge is -2.42. The Hall–Kier alpha value is -1.61. The first kappa shape index (κ1) is 22.1. The van der Waals surface area contributed by atoms with E-state index in [1.165, 1.54) is 12.3 Å². The van der Waals surface area contributed by atoms with E-state index < -0.39 is 10.0 Å². The Bertz CT molecular complexity index is 835. The molecular weight excluding hydrogens is 414 g/mol. The van der Waals surface area contributed by atoms with Crippen LogP contribution >= 0.6 is 11.6 Å². The van der Waals surface area contributed by atoms with Gasteiger partial charge in [0.05, 0.1) is 11.7 Å². The number of carbonyl (C=O) groups is 1. The molecule has 4 unspecified atom stereocenters. The Morgan fingerprint density at radius 3 is 2.76 bits per heavy atom. The zero-order valence-corrected chi connectivity index (χ0v) is 18.6. The molecule has 2 aliphatic rings. The van der Waals surface area contributed by atoms with Crippen LogP contribution in [-0.2, 0) is 14.8 Å². The average Bonchev–Trinajstić information content (AvgIpc) is 2.60. The summed E-state index contributed by atoms with van der Waals surface area (Å²) in [5.74, 6) is 0.719. The molecule has 0 aromatic carbocycles. The van der Waals surface area contributed by atoms with Gasteiger partial charge in [0.15, 0.2) is 0 Å². The smallest absolute Gasteiger partial charge is 0.234 e. The monoisotopic (exact) mass is 443 g/mol. The van der Waals surface area contributed by atoms with Crippen LogP contribution in [0.3, 0.4) is 0 Å². The van der Waals surface area contributed by atoms with Gasteiger partial charge in [-0.05, 0) is 50.5 Å². The third-order valence-corrected chi connectivity index (χ3v) is 7.59. The minimum Gasteiger partial charge on any atom is -0.353 e. The van der Waals surface area contributed by atoms with Gasteiger partial charge in [0, 0.05) is 23.7 Å². The maximum absolute atomic E-state index is 12.6. The predicted molar refractivity (Wildman–Crippen MR) is 114 cm³/mol. The number of carbonyl (C=O) groups excluding carboxylic acids is 1. The molecule has 0 bridgehead atoms. The molecule has 0 radical (unpaired) electrons. The van der Waals surface area contributed by atoms with Crippen molar-refractivity contribution in [3.8, 4) is 0 Å². The molecule has 5 atom stereocenters. The molecule has 1 aliphatic carbocycles. The van der Waals surface area contributed by atoms with E-state index in [9.17, 15) is 13.2 Å². The summed E-state index contributed by atoms with van der Waals surface area (Å²) < 4.78 is 26.8. The topological polar surface area (TPSA) is 113 Å². The van der Waals surface area contributed by atoms with Gasteiger partial charge in [0.1, 0.15) is 5.82 Å². The van der Waals surface area contributed by atoms with E-state index in [0.29, 0.717) is 5.92 Å². The number of nitrogens with zero attached hydrogens (tertiary/aromatic N) is 2. The number of amides is 1. The van der Waals surface area contributed by atoms with Crippen molar-refractivity contribution in [2.24, 2.45) is 17.8 Å². The van der Waals surface area contributed by atoms with Crippen LogP contribution < -0.4 is 15.4 Å². The van der Waals surface area contributed by atoms with Crippen molar-refractivity contribution < 1.29 is 13.2 Å². The van der Waals surface area contributed by atoms with E-state index >= 15 is 0 Å². The number of alkyl halides is 1. The van der Waals surface area contributed by atoms with Crippen molar-refractivity contribution >= 4 is 39.3 Å². The molecule has 2 fully saturated rings. The fourth-order valence-electron chi connectivity index (χ4n) is 4.24. The first-order valence-corrected chi connectivity index (χ1v) is 12.3. The van der Waals surface area contributed by atoms with Gasteiger partial charge in [0.25, 0.3) is 0 Å². The quantitative estimate of drug-likeness (QED) is 0.558. The van der Waals surface area contributed by atoms with Crippen LogP contribution in [-0.4, -0.2) is 47.5 Å². The zero-order chi connectivity index (χ0) is 21.2. The summed E-state index contributed by atoms with van der Waals surface area (Å²) >= 11 is 6.33. The van der Waals surface area contributed by atoms with E-state index in [1.807, 2.05) is 20.8 Å². The van der Waals surface area contributed by atoms with Gasteiger partial charge >= 0.3 is 0 Å². The Morgan fingerprint density at radius 1 is 1.28 bits per heavy atom. The fourth-order valence-corrected chi connectivity index (χ4v) is 5.99. The van der Waals surface area contributed by atoms with Crippen molar-refractivity contribution in [3.05, 3.63) is 12.3 Å². The van der Waals surface area contributed by atoms with Crippen molar-refractivity contribution in [1.82, 2.24) is 15.3 Å². The lowest BCUT2D eigenvalue weighted by Crippen LogP contribution is -2.55. The molecule has 8 nitrogen and oxygen atoms in total. The second-order valence-corrected chi connectivity index (χ2v) is 11.0. The molecule has 1 amide bonds. The number of sulfonamides is 1. The molecule has 10 heteroatoms. The van der Waals surface area contributed by atoms with Crippen molar-refractivity contribution in [1.29, 1.82) is 0 Å². The standard InChI is InChI=1S/C19H30ClN5O3S/c1-11(2)10-29(27,28)25-17-6-7-21-19(24-17)22-12(3)15-9-13-8-14(20)4-5-16(13)23-18(15)26/h6-7,11-16H,4-5,8-10H2,1-3H3,(H,23,26)(H2,21,22,24,25)/t12-,13?,14?,15?,16?/m0/s1. The summed E-state index contributed by atoms with van der Waals surface area (Å²) in [6, 6.07) is 1.53. The number of aromatic nitrogens is 2. The number of rotatable bonds is 7. The third kappa shape index (κ3) is 5.94. The Morgan fingerprint density at radius 2 is 2.03 bits per heavy atom. The SMILES string of the molecule is CC(C)CS(=O)(=O)Nc1ccnc(N[C@@H](C)C2CC3CC(Cl)CCC3NC2=O)n1. The molecule has 1 aromatic heterocycles. The highest BCUT2D eigenvalue weighted by Gasteiger charge is 2.41. The number of hydrogen-bond acceptors (Lipinski definition) is 6. The fraction of sp³-hybridized carbons (Fsp3) is 0.737. The minimum absolute atomic E-state index is 0.00738. The molecule has 1 saturated carbocycles. The molecule has 29 heavy (non-hydrogen) atoms. The van der Waals surface area contributed by atoms with Gasteiger partial charge in [-0.2, -0.15) is 4.98 Å². The summed E-state index contributed by atoms with van der Waals surface area (Å²) in [7, 11) is -3.47. The van der Waals surface area contributed by atoms with Gasteiger partial charge in [-0.1, -0.05) is 13.8 Å². The highest BCUT2D eigenvalue weighted by atomic mass is 35.5. The first-order chi connectivity index (χ1) is 13.6. The van der Waals surface area contributed by atoms with Crippen LogP contribution in [0.15, 0.2) is 12.3 Å². The second-order valence-electron chi connectivity index (χ2n) is 8.60. The van der Waals surface area contributed by atoms with E-state index in [0.717, 1.165) is 25.7 Å². The van der Waals surface area contributed by atoms with Gasteiger partial charge in [0.2, 0.25) is 21.9 Å². The predicted octanol–water partition coefficient (Wildman–Crippen LogP) is 2.59. The molecule has 0 spiro atoms. The summed E-state index contributed by atoms with van der Waals surface area (Å²) in [4.78, 5) is 21.0. The first-order valence-electron chi connectivity index (χ1n) is 10.2. The Balaban J connectivity index is 1.64. The van der Waals surface area contributed by atoms with Crippen LogP contribution in [0.25, 0.3) is 0 Å².